The van der Waals surface area contributed by atoms with E-state index in [0.717, 1.165) is 11.4 Å². The molecule has 0 saturated carbocycles. The van der Waals surface area contributed by atoms with Crippen LogP contribution in [-0.4, -0.2) is 9.13 Å². The van der Waals surface area contributed by atoms with Crippen LogP contribution in [0.5, 0.6) is 0 Å². The van der Waals surface area contributed by atoms with E-state index in [9.17, 15) is 0 Å². The molecular formula is C48H32N2. The molecule has 10 rings (SSSR count). The molecule has 2 heterocycles. The smallest absolute Gasteiger partial charge is 0.0782 e. The molecule has 0 N–H and O–H groups in total. The Bertz CT molecular complexity index is 2860. The van der Waals surface area contributed by atoms with Crippen LogP contribution < -0.4 is 0 Å². The Balaban J connectivity index is 1.33. The van der Waals surface area contributed by atoms with Gasteiger partial charge in [0.25, 0.3) is 0 Å². The van der Waals surface area contributed by atoms with Crippen molar-refractivity contribution >= 4 is 43.6 Å². The van der Waals surface area contributed by atoms with Crippen molar-refractivity contribution in [2.24, 2.45) is 0 Å². The highest BCUT2D eigenvalue weighted by atomic mass is 15.1. The lowest BCUT2D eigenvalue weighted by molar-refractivity contribution is 1.13. The highest BCUT2D eigenvalue weighted by molar-refractivity contribution is 6.19. The number of para-hydroxylation sites is 4. The van der Waals surface area contributed by atoms with Gasteiger partial charge in [0.15, 0.2) is 0 Å². The standard InChI is InChI=1S/C48H32N2/c1-3-17-33(18-4-1)35-21-7-8-23-37(35)39-26-15-31-45-47(39)41-25-11-14-30-44(41)49(45)46-32-16-27-40-38-24-10-13-29-43(38)50(48(40)46)42-28-12-9-22-36(42)34-19-5-2-6-20-34/h1-32H. The zero-order valence-corrected chi connectivity index (χ0v) is 27.4. The second-order valence-corrected chi connectivity index (χ2v) is 12.9. The molecule has 10 aromatic rings. The van der Waals surface area contributed by atoms with E-state index in [1.807, 2.05) is 0 Å². The fourth-order valence-electron chi connectivity index (χ4n) is 8.05. The molecule has 0 unspecified atom stereocenters. The Morgan fingerprint density at radius 3 is 1.50 bits per heavy atom. The first-order valence-corrected chi connectivity index (χ1v) is 17.2. The van der Waals surface area contributed by atoms with Gasteiger partial charge in [-0.15, -0.1) is 0 Å². The molecule has 50 heavy (non-hydrogen) atoms. The van der Waals surface area contributed by atoms with Gasteiger partial charge in [-0.25, -0.2) is 0 Å². The first-order valence-electron chi connectivity index (χ1n) is 17.2. The van der Waals surface area contributed by atoms with Crippen LogP contribution in [0.1, 0.15) is 0 Å². The van der Waals surface area contributed by atoms with Gasteiger partial charge in [0.2, 0.25) is 0 Å². The summed E-state index contributed by atoms with van der Waals surface area (Å²) in [5.74, 6) is 0. The van der Waals surface area contributed by atoms with Crippen molar-refractivity contribution in [2.45, 2.75) is 0 Å². The summed E-state index contributed by atoms with van der Waals surface area (Å²) in [6.07, 6.45) is 0. The molecule has 234 valence electrons. The minimum absolute atomic E-state index is 1.15. The fraction of sp³-hybridized carbons (Fsp3) is 0. The summed E-state index contributed by atoms with van der Waals surface area (Å²) >= 11 is 0. The van der Waals surface area contributed by atoms with Crippen LogP contribution in [0.25, 0.3) is 88.4 Å². The van der Waals surface area contributed by atoms with E-state index in [1.54, 1.807) is 0 Å². The normalized spacial score (nSPS) is 11.6. The van der Waals surface area contributed by atoms with Crippen molar-refractivity contribution in [3.8, 4) is 44.8 Å². The Morgan fingerprint density at radius 1 is 0.260 bits per heavy atom. The third-order valence-electron chi connectivity index (χ3n) is 10.1. The van der Waals surface area contributed by atoms with Gasteiger partial charge in [-0.05, 0) is 58.1 Å². The first-order chi connectivity index (χ1) is 24.9. The third kappa shape index (κ3) is 4.29. The minimum Gasteiger partial charge on any atom is -0.307 e. The highest BCUT2D eigenvalue weighted by Gasteiger charge is 2.22. The van der Waals surface area contributed by atoms with Crippen LogP contribution >= 0.6 is 0 Å². The molecule has 2 nitrogen and oxygen atoms in total. The van der Waals surface area contributed by atoms with E-state index < -0.39 is 0 Å². The zero-order chi connectivity index (χ0) is 33.0. The molecule has 2 aromatic heterocycles. The summed E-state index contributed by atoms with van der Waals surface area (Å²) in [4.78, 5) is 0. The van der Waals surface area contributed by atoms with Crippen LogP contribution in [-0.2, 0) is 0 Å². The van der Waals surface area contributed by atoms with Gasteiger partial charge in [0.05, 0.1) is 33.4 Å². The first kappa shape index (κ1) is 28.4. The Labute approximate surface area is 290 Å². The maximum atomic E-state index is 2.49. The molecule has 0 saturated heterocycles. The van der Waals surface area contributed by atoms with Crippen molar-refractivity contribution < 1.29 is 0 Å². The van der Waals surface area contributed by atoms with E-state index in [-0.39, 0.29) is 0 Å². The van der Waals surface area contributed by atoms with Gasteiger partial charge in [0.1, 0.15) is 0 Å². The highest BCUT2D eigenvalue weighted by Crippen LogP contribution is 2.44. The number of nitrogens with zero attached hydrogens (tertiary/aromatic N) is 2. The van der Waals surface area contributed by atoms with Crippen molar-refractivity contribution in [3.63, 3.8) is 0 Å². The summed E-state index contributed by atoms with van der Waals surface area (Å²) in [5, 5.41) is 4.98. The molecule has 8 aromatic carbocycles. The quantitative estimate of drug-likeness (QED) is 0.178. The van der Waals surface area contributed by atoms with Crippen molar-refractivity contribution in [1.29, 1.82) is 0 Å². The summed E-state index contributed by atoms with van der Waals surface area (Å²) in [5.41, 5.74) is 14.4. The van der Waals surface area contributed by atoms with Crippen LogP contribution in [0.15, 0.2) is 194 Å². The number of hydrogen-bond donors (Lipinski definition) is 0. The number of fused-ring (bicyclic) bond motifs is 6. The van der Waals surface area contributed by atoms with E-state index >= 15 is 0 Å². The van der Waals surface area contributed by atoms with Crippen molar-refractivity contribution in [3.05, 3.63) is 194 Å². The lowest BCUT2D eigenvalue weighted by atomic mass is 9.92. The Hall–Kier alpha value is -6.64. The zero-order valence-electron chi connectivity index (χ0n) is 27.4. The largest absolute Gasteiger partial charge is 0.307 e. The second kappa shape index (κ2) is 11.5. The molecule has 0 amide bonds. The topological polar surface area (TPSA) is 9.86 Å². The van der Waals surface area contributed by atoms with E-state index in [0.29, 0.717) is 0 Å². The Kier molecular flexibility index (Phi) is 6.53. The monoisotopic (exact) mass is 636 g/mol. The lowest BCUT2D eigenvalue weighted by Gasteiger charge is -2.17. The summed E-state index contributed by atoms with van der Waals surface area (Å²) in [7, 11) is 0. The van der Waals surface area contributed by atoms with Gasteiger partial charge in [0, 0.05) is 27.1 Å². The molecule has 0 aliphatic rings. The molecular weight excluding hydrogens is 605 g/mol. The molecule has 0 atom stereocenters. The SMILES string of the molecule is c1ccc(-c2ccccc2-c2cccc3c2c2ccccc2n3-c2cccc3c4ccccc4n(-c4ccccc4-c4ccccc4)c23)cc1. The Morgan fingerprint density at radius 2 is 0.740 bits per heavy atom. The average Bonchev–Trinajstić information content (AvgIpc) is 3.72. The second-order valence-electron chi connectivity index (χ2n) is 12.9. The summed E-state index contributed by atoms with van der Waals surface area (Å²) < 4.78 is 4.97. The maximum absolute atomic E-state index is 2.49. The fourth-order valence-corrected chi connectivity index (χ4v) is 8.05. The van der Waals surface area contributed by atoms with E-state index in [1.165, 1.54) is 77.0 Å². The van der Waals surface area contributed by atoms with Crippen LogP contribution in [0.2, 0.25) is 0 Å². The number of hydrogen-bond acceptors (Lipinski definition) is 0. The number of benzene rings is 8. The molecule has 0 aliphatic heterocycles. The van der Waals surface area contributed by atoms with E-state index in [4.69, 9.17) is 0 Å². The number of aromatic nitrogens is 2. The summed E-state index contributed by atoms with van der Waals surface area (Å²) in [6, 6.07) is 70.3. The molecule has 0 fully saturated rings. The third-order valence-corrected chi connectivity index (χ3v) is 10.1. The van der Waals surface area contributed by atoms with Crippen molar-refractivity contribution in [1.82, 2.24) is 9.13 Å². The summed E-state index contributed by atoms with van der Waals surface area (Å²) in [6.45, 7) is 0. The molecule has 0 aliphatic carbocycles. The maximum Gasteiger partial charge on any atom is 0.0782 e. The van der Waals surface area contributed by atoms with Crippen LogP contribution in [0.4, 0.5) is 0 Å². The predicted octanol–water partition coefficient (Wildman–Crippen LogP) is 12.9. The van der Waals surface area contributed by atoms with Gasteiger partial charge in [-0.1, -0.05) is 164 Å². The van der Waals surface area contributed by atoms with Gasteiger partial charge < -0.3 is 9.13 Å². The van der Waals surface area contributed by atoms with Crippen LogP contribution in [0, 0.1) is 0 Å². The van der Waals surface area contributed by atoms with Gasteiger partial charge >= 0.3 is 0 Å². The predicted molar refractivity (Wildman–Crippen MR) is 211 cm³/mol. The average molecular weight is 637 g/mol. The molecule has 0 radical (unpaired) electrons. The minimum atomic E-state index is 1.15. The van der Waals surface area contributed by atoms with E-state index in [2.05, 4.69) is 203 Å². The lowest BCUT2D eigenvalue weighted by Crippen LogP contribution is -2.02. The molecule has 0 bridgehead atoms. The molecule has 2 heteroatoms. The van der Waals surface area contributed by atoms with Gasteiger partial charge in [-0.3, -0.25) is 0 Å². The number of rotatable bonds is 5. The molecule has 0 spiro atoms. The van der Waals surface area contributed by atoms with Crippen molar-refractivity contribution in [2.75, 3.05) is 0 Å². The van der Waals surface area contributed by atoms with Gasteiger partial charge in [-0.2, -0.15) is 0 Å². The van der Waals surface area contributed by atoms with Crippen LogP contribution in [0.3, 0.4) is 0 Å².